The Morgan fingerprint density at radius 1 is 1.03 bits per heavy atom. The Bertz CT molecular complexity index is 1180. The van der Waals surface area contributed by atoms with E-state index in [1.54, 1.807) is 31.2 Å². The third-order valence-electron chi connectivity index (χ3n) is 4.99. The van der Waals surface area contributed by atoms with E-state index in [4.69, 9.17) is 10.5 Å². The van der Waals surface area contributed by atoms with E-state index in [2.05, 4.69) is 15.3 Å². The number of carbonyl (C=O) groups excluding carboxylic acids is 2. The molecular weight excluding hydrogens is 449 g/mol. The molecule has 0 bridgehead atoms. The van der Waals surface area contributed by atoms with Crippen LogP contribution in [0, 0.1) is 6.92 Å². The molecule has 1 unspecified atom stereocenters. The fourth-order valence-corrected chi connectivity index (χ4v) is 3.17. The molecule has 3 rings (SSSR count). The number of halogens is 3. The zero-order valence-electron chi connectivity index (χ0n) is 18.5. The molecule has 1 atom stereocenters. The molecule has 0 fully saturated rings. The zero-order valence-corrected chi connectivity index (χ0v) is 18.5. The summed E-state index contributed by atoms with van der Waals surface area (Å²) in [6, 6.07) is 11.5. The van der Waals surface area contributed by atoms with Gasteiger partial charge in [0, 0.05) is 18.9 Å². The number of nitrogens with two attached hydrogens (primary N) is 1. The van der Waals surface area contributed by atoms with Crippen LogP contribution in [-0.4, -0.2) is 27.7 Å². The average molecular weight is 472 g/mol. The fraction of sp³-hybridized carbons (Fsp3) is 0.250. The molecule has 7 nitrogen and oxygen atoms in total. The number of rotatable bonds is 9. The molecule has 0 saturated heterocycles. The number of nitrogens with zero attached hydrogens (tertiary/aromatic N) is 2. The van der Waals surface area contributed by atoms with Crippen LogP contribution in [0.2, 0.25) is 0 Å². The van der Waals surface area contributed by atoms with Crippen LogP contribution in [0.3, 0.4) is 0 Å². The predicted molar refractivity (Wildman–Crippen MR) is 119 cm³/mol. The van der Waals surface area contributed by atoms with Gasteiger partial charge in [-0.05, 0) is 48.7 Å². The van der Waals surface area contributed by atoms with Crippen LogP contribution in [-0.2, 0) is 28.6 Å². The molecule has 3 aromatic rings. The van der Waals surface area contributed by atoms with Crippen molar-refractivity contribution in [2.24, 2.45) is 5.73 Å². The smallest absolute Gasteiger partial charge is 0.416 e. The highest BCUT2D eigenvalue weighted by Gasteiger charge is 2.32. The Morgan fingerprint density at radius 2 is 1.68 bits per heavy atom. The highest BCUT2D eigenvalue weighted by molar-refractivity contribution is 5.83. The van der Waals surface area contributed by atoms with Gasteiger partial charge in [0.15, 0.2) is 0 Å². The average Bonchev–Trinajstić information content (AvgIpc) is 2.76. The van der Waals surface area contributed by atoms with Gasteiger partial charge in [-0.1, -0.05) is 24.3 Å². The van der Waals surface area contributed by atoms with Gasteiger partial charge in [-0.2, -0.15) is 13.2 Å². The molecule has 10 heteroatoms. The van der Waals surface area contributed by atoms with E-state index >= 15 is 0 Å². The Morgan fingerprint density at radius 3 is 2.32 bits per heavy atom. The van der Waals surface area contributed by atoms with Crippen molar-refractivity contribution in [3.05, 3.63) is 77.1 Å². The van der Waals surface area contributed by atoms with E-state index in [9.17, 15) is 22.8 Å². The highest BCUT2D eigenvalue weighted by Crippen LogP contribution is 2.32. The van der Waals surface area contributed by atoms with Crippen molar-refractivity contribution >= 4 is 17.5 Å². The normalized spacial score (nSPS) is 12.1. The van der Waals surface area contributed by atoms with Gasteiger partial charge in [-0.3, -0.25) is 9.59 Å². The van der Waals surface area contributed by atoms with Crippen LogP contribution in [0.15, 0.2) is 54.9 Å². The van der Waals surface area contributed by atoms with Crippen molar-refractivity contribution in [3.63, 3.8) is 0 Å². The second-order valence-corrected chi connectivity index (χ2v) is 7.80. The third kappa shape index (κ3) is 6.77. The summed E-state index contributed by atoms with van der Waals surface area (Å²) in [4.78, 5) is 31.6. The number of aromatic nitrogens is 2. The first-order chi connectivity index (χ1) is 16.0. The van der Waals surface area contributed by atoms with Crippen LogP contribution >= 0.6 is 0 Å². The number of Topliss-reactive ketones (excluding diaryl/α,β-unsaturated/α-hetero) is 1. The van der Waals surface area contributed by atoms with Gasteiger partial charge in [-0.15, -0.1) is 0 Å². The molecular formula is C24H23F3N4O3. The molecule has 0 aliphatic carbocycles. The lowest BCUT2D eigenvalue weighted by atomic mass is 9.99. The van der Waals surface area contributed by atoms with E-state index in [1.165, 1.54) is 31.5 Å². The Balaban J connectivity index is 1.60. The van der Waals surface area contributed by atoms with E-state index in [1.807, 2.05) is 0 Å². The Kier molecular flexibility index (Phi) is 7.50. The lowest BCUT2D eigenvalue weighted by Crippen LogP contribution is -2.32. The first-order valence-corrected chi connectivity index (χ1v) is 10.3. The molecule has 1 aromatic heterocycles. The number of hydrogen-bond acceptors (Lipinski definition) is 6. The Hall–Kier alpha value is -3.95. The summed E-state index contributed by atoms with van der Waals surface area (Å²) in [6.07, 6.45) is -3.21. The number of ether oxygens (including phenoxy) is 1. The number of aryl methyl sites for hydroxylation is 1. The second kappa shape index (κ2) is 10.3. The lowest BCUT2D eigenvalue weighted by Gasteiger charge is -2.12. The van der Waals surface area contributed by atoms with Gasteiger partial charge in [0.2, 0.25) is 11.8 Å². The maximum absolute atomic E-state index is 13.1. The number of primary amides is 1. The molecule has 0 radical (unpaired) electrons. The second-order valence-electron chi connectivity index (χ2n) is 7.80. The number of carbonyl (C=O) groups is 2. The Labute approximate surface area is 194 Å². The van der Waals surface area contributed by atoms with Crippen molar-refractivity contribution in [3.8, 4) is 11.6 Å². The van der Waals surface area contributed by atoms with E-state index in [0.717, 1.165) is 6.07 Å². The highest BCUT2D eigenvalue weighted by atomic mass is 19.4. The number of hydrogen-bond donors (Lipinski definition) is 2. The van der Waals surface area contributed by atoms with Crippen LogP contribution in [0.25, 0.3) is 0 Å². The number of benzene rings is 2. The summed E-state index contributed by atoms with van der Waals surface area (Å²) < 4.78 is 44.9. The minimum absolute atomic E-state index is 0.0715. The van der Waals surface area contributed by atoms with E-state index in [0.29, 0.717) is 22.7 Å². The lowest BCUT2D eigenvalue weighted by molar-refractivity contribution is -0.138. The molecule has 0 spiro atoms. The number of ketones is 1. The van der Waals surface area contributed by atoms with Crippen molar-refractivity contribution in [2.45, 2.75) is 38.9 Å². The van der Waals surface area contributed by atoms with Gasteiger partial charge in [-0.25, -0.2) is 9.97 Å². The quantitative estimate of drug-likeness (QED) is 0.483. The summed E-state index contributed by atoms with van der Waals surface area (Å²) in [5, 5.41) is 2.83. The monoisotopic (exact) mass is 472 g/mol. The minimum atomic E-state index is -4.46. The molecule has 1 heterocycles. The largest absolute Gasteiger partial charge is 0.439 e. The molecule has 0 aliphatic rings. The van der Waals surface area contributed by atoms with E-state index < -0.39 is 23.7 Å². The van der Waals surface area contributed by atoms with Gasteiger partial charge >= 0.3 is 6.18 Å². The van der Waals surface area contributed by atoms with Crippen molar-refractivity contribution < 1.29 is 27.5 Å². The summed E-state index contributed by atoms with van der Waals surface area (Å²) >= 11 is 0. The predicted octanol–water partition coefficient (Wildman–Crippen LogP) is 4.24. The number of amides is 1. The first-order valence-electron chi connectivity index (χ1n) is 10.3. The summed E-state index contributed by atoms with van der Waals surface area (Å²) in [6.45, 7) is 2.98. The molecule has 34 heavy (non-hydrogen) atoms. The van der Waals surface area contributed by atoms with Crippen LogP contribution < -0.4 is 15.8 Å². The molecule has 0 aliphatic heterocycles. The number of alkyl halides is 3. The maximum Gasteiger partial charge on any atom is 0.416 e. The van der Waals surface area contributed by atoms with Crippen LogP contribution in [0.1, 0.15) is 29.2 Å². The molecule has 2 aromatic carbocycles. The third-order valence-corrected chi connectivity index (χ3v) is 4.99. The fourth-order valence-electron chi connectivity index (χ4n) is 3.17. The maximum atomic E-state index is 13.1. The van der Waals surface area contributed by atoms with Crippen molar-refractivity contribution in [1.29, 1.82) is 0 Å². The number of nitrogens with one attached hydrogen (secondary N) is 1. The molecule has 0 saturated carbocycles. The SMILES string of the molecule is Cc1ccc(CC(=O)Cc2ccc(Oc3cc(NC(C)C(N)=O)ncn3)cc2)cc1C(F)(F)F. The van der Waals surface area contributed by atoms with Crippen LogP contribution in [0.5, 0.6) is 11.6 Å². The van der Waals surface area contributed by atoms with Gasteiger partial charge in [0.1, 0.15) is 29.7 Å². The van der Waals surface area contributed by atoms with Gasteiger partial charge in [0.05, 0.1) is 5.56 Å². The standard InChI is InChI=1S/C24H23F3N4O3/c1-14-3-4-17(11-20(14)24(25,26)27)10-18(32)9-16-5-7-19(8-6-16)34-22-12-21(29-13-30-22)31-15(2)23(28)33/h3-8,11-13,15H,9-10H2,1-2H3,(H2,28,33)(H,29,30,31). The van der Waals surface area contributed by atoms with Crippen molar-refractivity contribution in [1.82, 2.24) is 9.97 Å². The molecule has 3 N–H and O–H groups in total. The van der Waals surface area contributed by atoms with Crippen molar-refractivity contribution in [2.75, 3.05) is 5.32 Å². The summed E-state index contributed by atoms with van der Waals surface area (Å²) in [7, 11) is 0. The van der Waals surface area contributed by atoms with Gasteiger partial charge < -0.3 is 15.8 Å². The minimum Gasteiger partial charge on any atom is -0.439 e. The van der Waals surface area contributed by atoms with E-state index in [-0.39, 0.29) is 30.1 Å². The van der Waals surface area contributed by atoms with Crippen LogP contribution in [0.4, 0.5) is 19.0 Å². The molecule has 1 amide bonds. The summed E-state index contributed by atoms with van der Waals surface area (Å²) in [5.74, 6) is 0.313. The topological polar surface area (TPSA) is 107 Å². The zero-order chi connectivity index (χ0) is 24.9. The first kappa shape index (κ1) is 24.7. The van der Waals surface area contributed by atoms with Gasteiger partial charge in [0.25, 0.3) is 0 Å². The summed E-state index contributed by atoms with van der Waals surface area (Å²) in [5.41, 5.74) is 5.63. The number of anilines is 1. The molecule has 178 valence electrons.